The van der Waals surface area contributed by atoms with E-state index in [2.05, 4.69) is 4.98 Å². The fourth-order valence-corrected chi connectivity index (χ4v) is 1.24. The maximum atomic E-state index is 11.5. The molecule has 0 unspecified atom stereocenters. The Morgan fingerprint density at radius 2 is 2.18 bits per heavy atom. The first-order chi connectivity index (χ1) is 8.13. The lowest BCUT2D eigenvalue weighted by molar-refractivity contribution is -0.144. The van der Waals surface area contributed by atoms with Crippen molar-refractivity contribution in [1.82, 2.24) is 9.55 Å². The molecule has 0 saturated heterocycles. The molecule has 0 aliphatic carbocycles. The second-order valence-corrected chi connectivity index (χ2v) is 3.39. The second kappa shape index (κ2) is 6.57. The van der Waals surface area contributed by atoms with Gasteiger partial charge in [0.2, 0.25) is 0 Å². The molecule has 0 aromatic carbocycles. The van der Waals surface area contributed by atoms with Crippen LogP contribution in [-0.2, 0) is 20.9 Å². The summed E-state index contributed by atoms with van der Waals surface area (Å²) < 4.78 is 5.90. The zero-order valence-electron chi connectivity index (χ0n) is 9.59. The van der Waals surface area contributed by atoms with Gasteiger partial charge in [0.05, 0.1) is 25.9 Å². The van der Waals surface area contributed by atoms with Crippen LogP contribution in [0.4, 0.5) is 0 Å². The Morgan fingerprint density at radius 3 is 2.82 bits per heavy atom. The van der Waals surface area contributed by atoms with Gasteiger partial charge in [0, 0.05) is 18.7 Å². The minimum atomic E-state index is -0.403. The van der Waals surface area contributed by atoms with E-state index in [-0.39, 0.29) is 30.7 Å². The average molecular weight is 238 g/mol. The van der Waals surface area contributed by atoms with Crippen LogP contribution in [0.25, 0.3) is 0 Å². The van der Waals surface area contributed by atoms with E-state index >= 15 is 0 Å². The molecule has 6 heteroatoms. The van der Waals surface area contributed by atoms with E-state index < -0.39 is 5.97 Å². The molecule has 1 rings (SSSR count). The Morgan fingerprint density at radius 1 is 1.41 bits per heavy atom. The Hall–Kier alpha value is -1.98. The average Bonchev–Trinajstić information content (AvgIpc) is 2.30. The number of rotatable bonds is 6. The first-order valence-corrected chi connectivity index (χ1v) is 5.31. The lowest BCUT2D eigenvalue weighted by Crippen LogP contribution is -2.23. The first-order valence-electron chi connectivity index (χ1n) is 5.31. The van der Waals surface area contributed by atoms with E-state index in [1.807, 2.05) is 0 Å². The summed E-state index contributed by atoms with van der Waals surface area (Å²) in [5.74, 6) is -0.604. The van der Waals surface area contributed by atoms with Crippen molar-refractivity contribution >= 4 is 11.8 Å². The van der Waals surface area contributed by atoms with Crippen molar-refractivity contribution in [2.45, 2.75) is 26.3 Å². The summed E-state index contributed by atoms with van der Waals surface area (Å²) >= 11 is 0. The molecule has 6 nitrogen and oxygen atoms in total. The third-order valence-corrected chi connectivity index (χ3v) is 2.05. The van der Waals surface area contributed by atoms with Crippen LogP contribution < -0.4 is 5.56 Å². The van der Waals surface area contributed by atoms with Crippen molar-refractivity contribution in [3.8, 4) is 0 Å². The van der Waals surface area contributed by atoms with Crippen LogP contribution >= 0.6 is 0 Å². The van der Waals surface area contributed by atoms with E-state index in [0.717, 1.165) is 0 Å². The summed E-state index contributed by atoms with van der Waals surface area (Å²) in [7, 11) is 0. The molecule has 0 aliphatic heterocycles. The maximum Gasteiger partial charge on any atom is 0.306 e. The standard InChI is InChI=1S/C11H14N2O4/c1-2-17-11(16)4-3-9(14)7-13-8-12-6-5-10(13)15/h5-6,8H,2-4,7H2,1H3. The highest BCUT2D eigenvalue weighted by atomic mass is 16.5. The van der Waals surface area contributed by atoms with Crippen LogP contribution in [0.1, 0.15) is 19.8 Å². The van der Waals surface area contributed by atoms with Crippen LogP contribution in [0, 0.1) is 0 Å². The zero-order valence-corrected chi connectivity index (χ0v) is 9.59. The Labute approximate surface area is 98.2 Å². The Bertz CT molecular complexity index is 453. The SMILES string of the molecule is CCOC(=O)CCC(=O)Cn1cnccc1=O. The van der Waals surface area contributed by atoms with Crippen molar-refractivity contribution in [3.05, 3.63) is 28.9 Å². The summed E-state index contributed by atoms with van der Waals surface area (Å²) in [6, 6.07) is 1.28. The Kier molecular flexibility index (Phi) is 5.06. The quantitative estimate of drug-likeness (QED) is 0.659. The molecule has 1 aromatic heterocycles. The highest BCUT2D eigenvalue weighted by molar-refractivity contribution is 5.82. The smallest absolute Gasteiger partial charge is 0.306 e. The molecule has 0 radical (unpaired) electrons. The van der Waals surface area contributed by atoms with E-state index in [1.54, 1.807) is 6.92 Å². The number of nitrogens with zero attached hydrogens (tertiary/aromatic N) is 2. The number of ether oxygens (including phenoxy) is 1. The number of ketones is 1. The number of hydrogen-bond donors (Lipinski definition) is 0. The summed E-state index contributed by atoms with van der Waals surface area (Å²) in [5, 5.41) is 0. The number of Topliss-reactive ketones (excluding diaryl/α,β-unsaturated/α-hetero) is 1. The zero-order chi connectivity index (χ0) is 12.7. The van der Waals surface area contributed by atoms with E-state index in [4.69, 9.17) is 4.74 Å². The molecular weight excluding hydrogens is 224 g/mol. The highest BCUT2D eigenvalue weighted by Gasteiger charge is 2.08. The number of carbonyl (C=O) groups is 2. The fraction of sp³-hybridized carbons (Fsp3) is 0.455. The van der Waals surface area contributed by atoms with Gasteiger partial charge < -0.3 is 4.74 Å². The van der Waals surface area contributed by atoms with Crippen LogP contribution in [-0.4, -0.2) is 27.9 Å². The highest BCUT2D eigenvalue weighted by Crippen LogP contribution is 1.96. The molecule has 0 amide bonds. The van der Waals surface area contributed by atoms with Gasteiger partial charge in [0.15, 0.2) is 5.78 Å². The molecule has 0 atom stereocenters. The Balaban J connectivity index is 2.43. The van der Waals surface area contributed by atoms with Crippen molar-refractivity contribution in [3.63, 3.8) is 0 Å². The number of carbonyl (C=O) groups excluding carboxylic acids is 2. The number of esters is 1. The molecule has 0 spiro atoms. The van der Waals surface area contributed by atoms with Gasteiger partial charge in [0.1, 0.15) is 0 Å². The molecule has 0 N–H and O–H groups in total. The van der Waals surface area contributed by atoms with Crippen LogP contribution in [0.2, 0.25) is 0 Å². The second-order valence-electron chi connectivity index (χ2n) is 3.39. The van der Waals surface area contributed by atoms with Gasteiger partial charge in [-0.15, -0.1) is 0 Å². The van der Waals surface area contributed by atoms with Crippen molar-refractivity contribution < 1.29 is 14.3 Å². The third kappa shape index (κ3) is 4.58. The topological polar surface area (TPSA) is 78.3 Å². The van der Waals surface area contributed by atoms with E-state index in [0.29, 0.717) is 6.61 Å². The molecule has 0 saturated carbocycles. The van der Waals surface area contributed by atoms with E-state index in [1.165, 1.54) is 23.2 Å². The predicted molar refractivity (Wildman–Crippen MR) is 59.4 cm³/mol. The predicted octanol–water partition coefficient (Wildman–Crippen LogP) is 0.156. The third-order valence-electron chi connectivity index (χ3n) is 2.05. The number of hydrogen-bond acceptors (Lipinski definition) is 5. The van der Waals surface area contributed by atoms with Crippen LogP contribution in [0.3, 0.4) is 0 Å². The minimum Gasteiger partial charge on any atom is -0.466 e. The van der Waals surface area contributed by atoms with Gasteiger partial charge in [-0.2, -0.15) is 0 Å². The lowest BCUT2D eigenvalue weighted by atomic mass is 10.2. The molecule has 92 valence electrons. The largest absolute Gasteiger partial charge is 0.466 e. The summed E-state index contributed by atoms with van der Waals surface area (Å²) in [6.45, 7) is 1.94. The molecule has 1 aromatic rings. The van der Waals surface area contributed by atoms with Crippen molar-refractivity contribution in [2.24, 2.45) is 0 Å². The lowest BCUT2D eigenvalue weighted by Gasteiger charge is -2.03. The van der Waals surface area contributed by atoms with Gasteiger partial charge in [-0.25, -0.2) is 4.98 Å². The molecule has 0 aliphatic rings. The molecule has 0 bridgehead atoms. The van der Waals surface area contributed by atoms with Crippen LogP contribution in [0.5, 0.6) is 0 Å². The van der Waals surface area contributed by atoms with Crippen LogP contribution in [0.15, 0.2) is 23.4 Å². The van der Waals surface area contributed by atoms with Gasteiger partial charge in [-0.1, -0.05) is 0 Å². The van der Waals surface area contributed by atoms with Gasteiger partial charge >= 0.3 is 5.97 Å². The first kappa shape index (κ1) is 13.1. The normalized spacial score (nSPS) is 9.94. The van der Waals surface area contributed by atoms with Crippen molar-refractivity contribution in [1.29, 1.82) is 0 Å². The monoisotopic (exact) mass is 238 g/mol. The molecule has 1 heterocycles. The summed E-state index contributed by atoms with van der Waals surface area (Å²) in [5.41, 5.74) is -0.288. The van der Waals surface area contributed by atoms with E-state index in [9.17, 15) is 14.4 Å². The van der Waals surface area contributed by atoms with Gasteiger partial charge in [-0.05, 0) is 6.92 Å². The maximum absolute atomic E-state index is 11.5. The minimum absolute atomic E-state index is 0.0433. The number of aromatic nitrogens is 2. The van der Waals surface area contributed by atoms with Crippen molar-refractivity contribution in [2.75, 3.05) is 6.61 Å². The summed E-state index contributed by atoms with van der Waals surface area (Å²) in [4.78, 5) is 37.5. The molecular formula is C11H14N2O4. The fourth-order valence-electron chi connectivity index (χ4n) is 1.24. The van der Waals surface area contributed by atoms with Gasteiger partial charge in [-0.3, -0.25) is 19.0 Å². The molecule has 0 fully saturated rings. The summed E-state index contributed by atoms with van der Waals surface area (Å²) in [6.07, 6.45) is 2.77. The molecule has 17 heavy (non-hydrogen) atoms. The van der Waals surface area contributed by atoms with Gasteiger partial charge in [0.25, 0.3) is 5.56 Å².